The molecule has 1 aliphatic heterocycles. The van der Waals surface area contributed by atoms with Crippen LogP contribution in [0.25, 0.3) is 0 Å². The third-order valence-electron chi connectivity index (χ3n) is 3.98. The first-order valence-corrected chi connectivity index (χ1v) is 7.06. The number of pyridine rings is 1. The Hall–Kier alpha value is -2.93. The average molecular weight is 313 g/mol. The van der Waals surface area contributed by atoms with E-state index in [4.69, 9.17) is 5.21 Å². The van der Waals surface area contributed by atoms with E-state index in [1.165, 1.54) is 4.90 Å². The van der Waals surface area contributed by atoms with Gasteiger partial charge >= 0.3 is 6.09 Å². The van der Waals surface area contributed by atoms with Gasteiger partial charge in [-0.15, -0.1) is 0 Å². The fourth-order valence-corrected chi connectivity index (χ4v) is 2.90. The number of hydroxylamine groups is 1. The van der Waals surface area contributed by atoms with Crippen LogP contribution >= 0.6 is 0 Å². The minimum Gasteiger partial charge on any atom is -0.465 e. The fraction of sp³-hybridized carbons (Fsp3) is 0.188. The van der Waals surface area contributed by atoms with Gasteiger partial charge in [0.05, 0.1) is 12.6 Å². The number of benzene rings is 1. The lowest BCUT2D eigenvalue weighted by Crippen LogP contribution is -2.29. The van der Waals surface area contributed by atoms with E-state index in [-0.39, 0.29) is 12.6 Å². The molecule has 3 N–H and O–H groups in total. The zero-order valence-electron chi connectivity index (χ0n) is 12.1. The standard InChI is InChI=1S/C16H15N3O4/c20-15(18-23)11-3-4-13-12(7-11)9-19(16(21)22)14(13)6-10-2-1-5-17-8-10/h1-5,7-8,14,23H,6,9H2,(H,18,20)(H,21,22). The molecule has 0 spiro atoms. The maximum atomic E-state index is 11.5. The molecule has 2 heterocycles. The van der Waals surface area contributed by atoms with E-state index in [1.54, 1.807) is 36.1 Å². The predicted molar refractivity (Wildman–Crippen MR) is 79.9 cm³/mol. The Bertz CT molecular complexity index is 748. The van der Waals surface area contributed by atoms with Crippen molar-refractivity contribution < 1.29 is 19.9 Å². The second-order valence-corrected chi connectivity index (χ2v) is 5.35. The molecule has 23 heavy (non-hydrogen) atoms. The normalized spacial score (nSPS) is 16.0. The van der Waals surface area contributed by atoms with Crippen LogP contribution in [0, 0.1) is 0 Å². The third kappa shape index (κ3) is 2.86. The number of amides is 2. The topological polar surface area (TPSA) is 103 Å². The number of nitrogens with zero attached hydrogens (tertiary/aromatic N) is 2. The lowest BCUT2D eigenvalue weighted by Gasteiger charge is -2.22. The first-order valence-electron chi connectivity index (χ1n) is 7.06. The van der Waals surface area contributed by atoms with Crippen molar-refractivity contribution in [1.82, 2.24) is 15.4 Å². The summed E-state index contributed by atoms with van der Waals surface area (Å²) in [4.78, 5) is 28.4. The third-order valence-corrected chi connectivity index (χ3v) is 3.98. The number of carboxylic acid groups (broad SMARTS) is 1. The fourth-order valence-electron chi connectivity index (χ4n) is 2.90. The highest BCUT2D eigenvalue weighted by molar-refractivity contribution is 5.93. The molecule has 0 saturated carbocycles. The van der Waals surface area contributed by atoms with Crippen molar-refractivity contribution >= 4 is 12.0 Å². The van der Waals surface area contributed by atoms with Crippen molar-refractivity contribution in [3.8, 4) is 0 Å². The predicted octanol–water partition coefficient (Wildman–Crippen LogP) is 1.98. The molecule has 7 nitrogen and oxygen atoms in total. The highest BCUT2D eigenvalue weighted by atomic mass is 16.5. The van der Waals surface area contributed by atoms with E-state index in [1.807, 2.05) is 12.1 Å². The summed E-state index contributed by atoms with van der Waals surface area (Å²) >= 11 is 0. The van der Waals surface area contributed by atoms with Gasteiger partial charge < -0.3 is 5.11 Å². The van der Waals surface area contributed by atoms with Gasteiger partial charge in [0.15, 0.2) is 0 Å². The Morgan fingerprint density at radius 1 is 1.35 bits per heavy atom. The highest BCUT2D eigenvalue weighted by Crippen LogP contribution is 2.36. The maximum absolute atomic E-state index is 11.5. The molecule has 1 aliphatic rings. The molecule has 1 aromatic heterocycles. The summed E-state index contributed by atoms with van der Waals surface area (Å²) in [5.41, 5.74) is 4.44. The van der Waals surface area contributed by atoms with Crippen LogP contribution in [0.2, 0.25) is 0 Å². The Morgan fingerprint density at radius 2 is 2.17 bits per heavy atom. The molecule has 1 atom stereocenters. The molecule has 118 valence electrons. The summed E-state index contributed by atoms with van der Waals surface area (Å²) in [6.45, 7) is 0.210. The SMILES string of the molecule is O=C(NO)c1ccc2c(c1)CN(C(=O)O)C2Cc1cccnc1. The van der Waals surface area contributed by atoms with E-state index in [0.29, 0.717) is 12.0 Å². The molecule has 0 bridgehead atoms. The van der Waals surface area contributed by atoms with Crippen molar-refractivity contribution in [2.75, 3.05) is 0 Å². The second kappa shape index (κ2) is 6.05. The number of rotatable bonds is 3. The summed E-state index contributed by atoms with van der Waals surface area (Å²) in [5, 5.41) is 18.2. The van der Waals surface area contributed by atoms with Gasteiger partial charge in [-0.25, -0.2) is 10.3 Å². The minimum atomic E-state index is -1.01. The van der Waals surface area contributed by atoms with Crippen LogP contribution in [0.4, 0.5) is 4.79 Å². The lowest BCUT2D eigenvalue weighted by molar-refractivity contribution is 0.0706. The first kappa shape index (κ1) is 15.0. The molecule has 0 aliphatic carbocycles. The minimum absolute atomic E-state index is 0.210. The molecular formula is C16H15N3O4. The zero-order chi connectivity index (χ0) is 16.4. The smallest absolute Gasteiger partial charge is 0.408 e. The molecule has 0 saturated heterocycles. The second-order valence-electron chi connectivity index (χ2n) is 5.35. The Morgan fingerprint density at radius 3 is 2.83 bits per heavy atom. The van der Waals surface area contributed by atoms with Gasteiger partial charge in [-0.1, -0.05) is 12.1 Å². The van der Waals surface area contributed by atoms with E-state index in [2.05, 4.69) is 4.98 Å². The lowest BCUT2D eigenvalue weighted by atomic mass is 9.97. The van der Waals surface area contributed by atoms with E-state index < -0.39 is 12.0 Å². The molecule has 2 aromatic rings. The Kier molecular flexibility index (Phi) is 3.94. The summed E-state index contributed by atoms with van der Waals surface area (Å²) in [6, 6.07) is 8.32. The van der Waals surface area contributed by atoms with Gasteiger partial charge in [-0.05, 0) is 41.3 Å². The maximum Gasteiger partial charge on any atom is 0.408 e. The highest BCUT2D eigenvalue weighted by Gasteiger charge is 2.34. The number of aromatic nitrogens is 1. The van der Waals surface area contributed by atoms with Gasteiger partial charge in [0.1, 0.15) is 0 Å². The number of carbonyl (C=O) groups is 2. The van der Waals surface area contributed by atoms with Crippen molar-refractivity contribution in [2.24, 2.45) is 0 Å². The molecule has 3 rings (SSSR count). The summed E-state index contributed by atoms with van der Waals surface area (Å²) < 4.78 is 0. The zero-order valence-corrected chi connectivity index (χ0v) is 12.1. The van der Waals surface area contributed by atoms with Gasteiger partial charge in [-0.2, -0.15) is 0 Å². The van der Waals surface area contributed by atoms with Crippen LogP contribution in [0.3, 0.4) is 0 Å². The van der Waals surface area contributed by atoms with Crippen molar-refractivity contribution in [3.05, 3.63) is 65.0 Å². The first-order chi connectivity index (χ1) is 11.1. The molecular weight excluding hydrogens is 298 g/mol. The number of hydrogen-bond donors (Lipinski definition) is 3. The molecule has 1 aromatic carbocycles. The van der Waals surface area contributed by atoms with Crippen LogP contribution < -0.4 is 5.48 Å². The van der Waals surface area contributed by atoms with Gasteiger partial charge in [0.25, 0.3) is 5.91 Å². The molecule has 2 amide bonds. The molecule has 0 fully saturated rings. The van der Waals surface area contributed by atoms with Gasteiger partial charge in [-0.3, -0.25) is 19.9 Å². The van der Waals surface area contributed by atoms with Crippen molar-refractivity contribution in [2.45, 2.75) is 19.0 Å². The number of hydrogen-bond acceptors (Lipinski definition) is 4. The Balaban J connectivity index is 1.95. The molecule has 1 unspecified atom stereocenters. The Labute approximate surface area is 132 Å². The van der Waals surface area contributed by atoms with E-state index in [0.717, 1.165) is 16.7 Å². The quantitative estimate of drug-likeness (QED) is 0.594. The summed E-state index contributed by atoms with van der Waals surface area (Å²) in [7, 11) is 0. The van der Waals surface area contributed by atoms with Crippen molar-refractivity contribution in [3.63, 3.8) is 0 Å². The largest absolute Gasteiger partial charge is 0.465 e. The van der Waals surface area contributed by atoms with Crippen molar-refractivity contribution in [1.29, 1.82) is 0 Å². The molecule has 0 radical (unpaired) electrons. The molecule has 7 heteroatoms. The van der Waals surface area contributed by atoms with Gasteiger partial charge in [0.2, 0.25) is 0 Å². The van der Waals surface area contributed by atoms with E-state index in [9.17, 15) is 14.7 Å². The van der Waals surface area contributed by atoms with Crippen LogP contribution in [0.15, 0.2) is 42.7 Å². The number of carbonyl (C=O) groups excluding carboxylic acids is 1. The number of nitrogens with one attached hydrogen (secondary N) is 1. The van der Waals surface area contributed by atoms with Crippen LogP contribution in [-0.4, -0.2) is 32.2 Å². The van der Waals surface area contributed by atoms with Gasteiger partial charge in [0, 0.05) is 18.0 Å². The summed E-state index contributed by atoms with van der Waals surface area (Å²) in [5.74, 6) is -0.620. The number of fused-ring (bicyclic) bond motifs is 1. The average Bonchev–Trinajstić information content (AvgIpc) is 2.93. The summed E-state index contributed by atoms with van der Waals surface area (Å²) in [6.07, 6.45) is 2.88. The van der Waals surface area contributed by atoms with Crippen LogP contribution in [0.5, 0.6) is 0 Å². The van der Waals surface area contributed by atoms with E-state index >= 15 is 0 Å². The van der Waals surface area contributed by atoms with Crippen LogP contribution in [0.1, 0.15) is 33.1 Å². The van der Waals surface area contributed by atoms with Crippen LogP contribution in [-0.2, 0) is 13.0 Å². The monoisotopic (exact) mass is 313 g/mol.